The fraction of sp³-hybridized carbons (Fsp3) is 0.400. The molecule has 0 bridgehead atoms. The van der Waals surface area contributed by atoms with Gasteiger partial charge in [0.15, 0.2) is 0 Å². The lowest BCUT2D eigenvalue weighted by Gasteiger charge is -2.16. The van der Waals surface area contributed by atoms with Crippen LogP contribution in [0.15, 0.2) is 46.7 Å². The molecule has 2 rings (SSSR count). The SMILES string of the molecule is CC1=CC=C(NC(=O)C2=CC=C(C)CC2)CC1. The van der Waals surface area contributed by atoms with Crippen LogP contribution in [0.3, 0.4) is 0 Å². The molecule has 0 saturated carbocycles. The van der Waals surface area contributed by atoms with E-state index >= 15 is 0 Å². The average Bonchev–Trinajstić information content (AvgIpc) is 2.33. The average molecular weight is 229 g/mol. The molecule has 0 spiro atoms. The third kappa shape index (κ3) is 3.19. The summed E-state index contributed by atoms with van der Waals surface area (Å²) >= 11 is 0. The number of hydrogen-bond acceptors (Lipinski definition) is 1. The number of carbonyl (C=O) groups is 1. The van der Waals surface area contributed by atoms with E-state index in [1.54, 1.807) is 0 Å². The fourth-order valence-electron chi connectivity index (χ4n) is 2.00. The molecule has 0 radical (unpaired) electrons. The summed E-state index contributed by atoms with van der Waals surface area (Å²) in [6.45, 7) is 4.22. The van der Waals surface area contributed by atoms with Gasteiger partial charge in [0, 0.05) is 11.3 Å². The van der Waals surface area contributed by atoms with Crippen molar-refractivity contribution in [2.24, 2.45) is 0 Å². The van der Waals surface area contributed by atoms with Gasteiger partial charge >= 0.3 is 0 Å². The summed E-state index contributed by atoms with van der Waals surface area (Å²) in [5, 5.41) is 3.00. The van der Waals surface area contributed by atoms with E-state index in [2.05, 4.69) is 25.2 Å². The van der Waals surface area contributed by atoms with Gasteiger partial charge in [-0.05, 0) is 45.6 Å². The third-order valence-corrected chi connectivity index (χ3v) is 3.28. The third-order valence-electron chi connectivity index (χ3n) is 3.28. The van der Waals surface area contributed by atoms with Gasteiger partial charge in [0.1, 0.15) is 0 Å². The van der Waals surface area contributed by atoms with E-state index in [0.717, 1.165) is 37.0 Å². The van der Waals surface area contributed by atoms with E-state index in [9.17, 15) is 4.79 Å². The van der Waals surface area contributed by atoms with Gasteiger partial charge in [-0.1, -0.05) is 29.4 Å². The van der Waals surface area contributed by atoms with Crippen molar-refractivity contribution in [1.29, 1.82) is 0 Å². The smallest absolute Gasteiger partial charge is 0.251 e. The zero-order chi connectivity index (χ0) is 12.3. The number of rotatable bonds is 2. The molecule has 0 atom stereocenters. The van der Waals surface area contributed by atoms with Gasteiger partial charge in [0.05, 0.1) is 0 Å². The van der Waals surface area contributed by atoms with Crippen LogP contribution in [0.5, 0.6) is 0 Å². The highest BCUT2D eigenvalue weighted by Crippen LogP contribution is 2.20. The lowest BCUT2D eigenvalue weighted by Crippen LogP contribution is -2.25. The molecule has 1 amide bonds. The molecule has 2 nitrogen and oxygen atoms in total. The van der Waals surface area contributed by atoms with Crippen molar-refractivity contribution in [1.82, 2.24) is 5.32 Å². The monoisotopic (exact) mass is 229 g/mol. The lowest BCUT2D eigenvalue weighted by molar-refractivity contribution is -0.117. The Hall–Kier alpha value is -1.57. The quantitative estimate of drug-likeness (QED) is 0.772. The van der Waals surface area contributed by atoms with Crippen molar-refractivity contribution in [3.05, 3.63) is 46.7 Å². The zero-order valence-electron chi connectivity index (χ0n) is 10.5. The minimum atomic E-state index is 0.0629. The van der Waals surface area contributed by atoms with Crippen LogP contribution in [-0.4, -0.2) is 5.91 Å². The highest BCUT2D eigenvalue weighted by molar-refractivity contribution is 5.95. The van der Waals surface area contributed by atoms with Crippen LogP contribution < -0.4 is 5.32 Å². The summed E-state index contributed by atoms with van der Waals surface area (Å²) in [6, 6.07) is 0. The van der Waals surface area contributed by atoms with Gasteiger partial charge in [0.25, 0.3) is 5.91 Å². The number of amides is 1. The van der Waals surface area contributed by atoms with Crippen LogP contribution in [0.25, 0.3) is 0 Å². The minimum Gasteiger partial charge on any atom is -0.326 e. The van der Waals surface area contributed by atoms with Crippen molar-refractivity contribution in [2.75, 3.05) is 0 Å². The van der Waals surface area contributed by atoms with Gasteiger partial charge in [0.2, 0.25) is 0 Å². The van der Waals surface area contributed by atoms with E-state index in [1.165, 1.54) is 11.1 Å². The predicted octanol–water partition coefficient (Wildman–Crippen LogP) is 3.39. The van der Waals surface area contributed by atoms with E-state index in [0.29, 0.717) is 0 Å². The summed E-state index contributed by atoms with van der Waals surface area (Å²) in [5.41, 5.74) is 4.64. The summed E-state index contributed by atoms with van der Waals surface area (Å²) in [5.74, 6) is 0.0629. The Morgan fingerprint density at radius 3 is 2.12 bits per heavy atom. The molecule has 0 heterocycles. The van der Waals surface area contributed by atoms with Crippen molar-refractivity contribution >= 4 is 5.91 Å². The number of nitrogens with one attached hydrogen (secondary N) is 1. The second kappa shape index (κ2) is 5.17. The molecule has 2 aliphatic carbocycles. The standard InChI is InChI=1S/C15H19NO/c1-11-3-7-13(8-4-11)15(17)16-14-9-5-12(2)6-10-14/h3,5,7,9H,4,6,8,10H2,1-2H3,(H,16,17). The van der Waals surface area contributed by atoms with Crippen molar-refractivity contribution in [3.8, 4) is 0 Å². The molecular formula is C15H19NO. The molecule has 0 aliphatic heterocycles. The summed E-state index contributed by atoms with van der Waals surface area (Å²) < 4.78 is 0. The van der Waals surface area contributed by atoms with Gasteiger partial charge in [-0.3, -0.25) is 4.79 Å². The minimum absolute atomic E-state index is 0.0629. The Bertz CT molecular complexity index is 450. The Kier molecular flexibility index (Phi) is 3.62. The molecule has 90 valence electrons. The Morgan fingerprint density at radius 1 is 0.941 bits per heavy atom. The summed E-state index contributed by atoms with van der Waals surface area (Å²) in [7, 11) is 0. The van der Waals surface area contributed by atoms with Crippen LogP contribution >= 0.6 is 0 Å². The molecular weight excluding hydrogens is 210 g/mol. The Balaban J connectivity index is 1.99. The first-order valence-electron chi connectivity index (χ1n) is 6.19. The molecule has 17 heavy (non-hydrogen) atoms. The topological polar surface area (TPSA) is 29.1 Å². The highest BCUT2D eigenvalue weighted by atomic mass is 16.1. The van der Waals surface area contributed by atoms with Crippen molar-refractivity contribution in [3.63, 3.8) is 0 Å². The molecule has 0 fully saturated rings. The van der Waals surface area contributed by atoms with Crippen molar-refractivity contribution in [2.45, 2.75) is 39.5 Å². The summed E-state index contributed by atoms with van der Waals surface area (Å²) in [6.07, 6.45) is 11.9. The number of carbonyl (C=O) groups excluding carboxylic acids is 1. The van der Waals surface area contributed by atoms with Crippen LogP contribution in [0.4, 0.5) is 0 Å². The normalized spacial score (nSPS) is 19.9. The number of allylic oxidation sites excluding steroid dienone is 7. The maximum absolute atomic E-state index is 12.0. The van der Waals surface area contributed by atoms with E-state index in [1.807, 2.05) is 18.2 Å². The first-order valence-corrected chi connectivity index (χ1v) is 6.19. The Morgan fingerprint density at radius 2 is 1.59 bits per heavy atom. The second-order valence-corrected chi connectivity index (χ2v) is 4.86. The van der Waals surface area contributed by atoms with Gasteiger partial charge in [-0.2, -0.15) is 0 Å². The van der Waals surface area contributed by atoms with Crippen LogP contribution in [-0.2, 0) is 4.79 Å². The van der Waals surface area contributed by atoms with E-state index in [4.69, 9.17) is 0 Å². The van der Waals surface area contributed by atoms with Crippen LogP contribution in [0.1, 0.15) is 39.5 Å². The highest BCUT2D eigenvalue weighted by Gasteiger charge is 2.13. The first kappa shape index (κ1) is 11.9. The molecule has 1 N–H and O–H groups in total. The molecule has 2 aliphatic rings. The molecule has 0 aromatic rings. The Labute approximate surface area is 103 Å². The molecule has 2 heteroatoms. The van der Waals surface area contributed by atoms with Gasteiger partial charge in [-0.15, -0.1) is 0 Å². The lowest BCUT2D eigenvalue weighted by atomic mass is 9.98. The zero-order valence-corrected chi connectivity index (χ0v) is 10.5. The second-order valence-electron chi connectivity index (χ2n) is 4.86. The molecule has 0 saturated heterocycles. The summed E-state index contributed by atoms with van der Waals surface area (Å²) in [4.78, 5) is 12.0. The van der Waals surface area contributed by atoms with Crippen molar-refractivity contribution < 1.29 is 4.79 Å². The predicted molar refractivity (Wildman–Crippen MR) is 70.3 cm³/mol. The first-order chi connectivity index (χ1) is 8.15. The fourth-order valence-corrected chi connectivity index (χ4v) is 2.00. The maximum Gasteiger partial charge on any atom is 0.251 e. The maximum atomic E-state index is 12.0. The molecule has 0 aromatic carbocycles. The van der Waals surface area contributed by atoms with E-state index < -0.39 is 0 Å². The molecule has 0 unspecified atom stereocenters. The van der Waals surface area contributed by atoms with Crippen LogP contribution in [0, 0.1) is 0 Å². The van der Waals surface area contributed by atoms with Gasteiger partial charge < -0.3 is 5.32 Å². The largest absolute Gasteiger partial charge is 0.326 e. The van der Waals surface area contributed by atoms with E-state index in [-0.39, 0.29) is 5.91 Å². The molecule has 0 aromatic heterocycles. The number of hydrogen-bond donors (Lipinski definition) is 1. The van der Waals surface area contributed by atoms with Gasteiger partial charge in [-0.25, -0.2) is 0 Å². The van der Waals surface area contributed by atoms with Crippen LogP contribution in [0.2, 0.25) is 0 Å².